The van der Waals surface area contributed by atoms with E-state index in [1.807, 2.05) is 13.8 Å². The Morgan fingerprint density at radius 3 is 2.19 bits per heavy atom. The van der Waals surface area contributed by atoms with Crippen LogP contribution in [0.5, 0.6) is 0 Å². The maximum absolute atomic E-state index is 11.1. The van der Waals surface area contributed by atoms with Gasteiger partial charge < -0.3 is 10.4 Å². The van der Waals surface area contributed by atoms with Crippen LogP contribution in [0.15, 0.2) is 0 Å². The first kappa shape index (κ1) is 17.3. The fraction of sp³-hybridized carbons (Fsp3) is 0.833. The molecule has 2 N–H and O–H groups in total. The molecule has 0 aliphatic heterocycles. The van der Waals surface area contributed by atoms with Crippen LogP contribution in [0.2, 0.25) is 0 Å². The molecule has 96 valence electrons. The number of hydrogen-bond donors (Lipinski definition) is 2. The van der Waals surface area contributed by atoms with Crippen LogP contribution in [0, 0.1) is 0 Å². The summed E-state index contributed by atoms with van der Waals surface area (Å²) in [4.78, 5) is 21.2. The van der Waals surface area contributed by atoms with E-state index in [9.17, 15) is 9.59 Å². The van der Waals surface area contributed by atoms with E-state index in [0.717, 1.165) is 19.3 Å². The number of carboxylic acid groups (broad SMARTS) is 1. The van der Waals surface area contributed by atoms with Crippen molar-refractivity contribution in [1.29, 1.82) is 0 Å². The summed E-state index contributed by atoms with van der Waals surface area (Å²) >= 11 is 0. The highest BCUT2D eigenvalue weighted by Gasteiger charge is 2.02. The number of carbonyl (C=O) groups is 2. The maximum atomic E-state index is 11.1. The predicted molar refractivity (Wildman–Crippen MR) is 65.4 cm³/mol. The van der Waals surface area contributed by atoms with Crippen molar-refractivity contribution in [2.45, 2.75) is 59.3 Å². The molecule has 0 aliphatic carbocycles. The van der Waals surface area contributed by atoms with Crippen molar-refractivity contribution >= 4 is 11.9 Å². The molecule has 0 atom stereocenters. The summed E-state index contributed by atoms with van der Waals surface area (Å²) in [7, 11) is 0. The van der Waals surface area contributed by atoms with E-state index < -0.39 is 5.97 Å². The average molecular weight is 231 g/mol. The fourth-order valence-corrected chi connectivity index (χ4v) is 1.09. The van der Waals surface area contributed by atoms with Crippen LogP contribution in [0.3, 0.4) is 0 Å². The number of carbonyl (C=O) groups excluding carboxylic acids is 1. The van der Waals surface area contributed by atoms with E-state index in [0.29, 0.717) is 19.4 Å². The van der Waals surface area contributed by atoms with Gasteiger partial charge in [-0.25, -0.2) is 0 Å². The van der Waals surface area contributed by atoms with E-state index >= 15 is 0 Å². The Bertz CT molecular complexity index is 181. The third-order valence-electron chi connectivity index (χ3n) is 1.90. The van der Waals surface area contributed by atoms with E-state index in [1.165, 1.54) is 0 Å². The molecule has 0 aromatic rings. The highest BCUT2D eigenvalue weighted by Crippen LogP contribution is 1.96. The van der Waals surface area contributed by atoms with Gasteiger partial charge in [0.05, 0.1) is 0 Å². The lowest BCUT2D eigenvalue weighted by Gasteiger charge is -2.03. The largest absolute Gasteiger partial charge is 0.481 e. The molecule has 4 heteroatoms. The molecule has 4 nitrogen and oxygen atoms in total. The van der Waals surface area contributed by atoms with Gasteiger partial charge in [0.15, 0.2) is 0 Å². The second kappa shape index (κ2) is 13.9. The Balaban J connectivity index is 0. The van der Waals surface area contributed by atoms with Crippen LogP contribution in [-0.2, 0) is 9.59 Å². The minimum Gasteiger partial charge on any atom is -0.481 e. The number of hydrogen-bond acceptors (Lipinski definition) is 2. The molecule has 0 rings (SSSR count). The standard InChI is InChI=1S/C10H19NO3.C2H6/c1-2-3-4-8-11-9(12)6-5-7-10(13)14;1-2/h2-8H2,1H3,(H,11,12)(H,13,14);1-2H3. The maximum Gasteiger partial charge on any atom is 0.303 e. The Labute approximate surface area is 98.4 Å². The van der Waals surface area contributed by atoms with Crippen molar-refractivity contribution in [2.24, 2.45) is 0 Å². The van der Waals surface area contributed by atoms with E-state index in [2.05, 4.69) is 12.2 Å². The van der Waals surface area contributed by atoms with Gasteiger partial charge in [0.25, 0.3) is 0 Å². The topological polar surface area (TPSA) is 66.4 Å². The average Bonchev–Trinajstić information content (AvgIpc) is 2.27. The predicted octanol–water partition coefficient (Wildman–Crippen LogP) is 2.57. The van der Waals surface area contributed by atoms with Crippen molar-refractivity contribution in [2.75, 3.05) is 6.54 Å². The second-order valence-electron chi connectivity index (χ2n) is 3.30. The van der Waals surface area contributed by atoms with Crippen LogP contribution in [-0.4, -0.2) is 23.5 Å². The van der Waals surface area contributed by atoms with Crippen LogP contribution < -0.4 is 5.32 Å². The number of aliphatic carboxylic acids is 1. The van der Waals surface area contributed by atoms with Crippen molar-refractivity contribution < 1.29 is 14.7 Å². The van der Waals surface area contributed by atoms with Gasteiger partial charge in [-0.05, 0) is 12.8 Å². The van der Waals surface area contributed by atoms with Gasteiger partial charge in [0, 0.05) is 19.4 Å². The minimum atomic E-state index is -0.844. The summed E-state index contributed by atoms with van der Waals surface area (Å²) in [5.41, 5.74) is 0. The van der Waals surface area contributed by atoms with Crippen molar-refractivity contribution in [3.05, 3.63) is 0 Å². The lowest BCUT2D eigenvalue weighted by Crippen LogP contribution is -2.24. The lowest BCUT2D eigenvalue weighted by molar-refractivity contribution is -0.137. The van der Waals surface area contributed by atoms with E-state index in [4.69, 9.17) is 5.11 Å². The molecule has 0 radical (unpaired) electrons. The smallest absolute Gasteiger partial charge is 0.303 e. The summed E-state index contributed by atoms with van der Waals surface area (Å²) in [6.07, 6.45) is 4.07. The molecule has 16 heavy (non-hydrogen) atoms. The Morgan fingerprint density at radius 1 is 1.06 bits per heavy atom. The van der Waals surface area contributed by atoms with Gasteiger partial charge in [0.1, 0.15) is 0 Å². The van der Waals surface area contributed by atoms with Crippen molar-refractivity contribution in [1.82, 2.24) is 5.32 Å². The number of carboxylic acids is 1. The SMILES string of the molecule is CC.CCCCCNC(=O)CCCC(=O)O. The quantitative estimate of drug-likeness (QED) is 0.631. The van der Waals surface area contributed by atoms with Gasteiger partial charge in [0.2, 0.25) is 5.91 Å². The van der Waals surface area contributed by atoms with Gasteiger partial charge >= 0.3 is 5.97 Å². The zero-order chi connectivity index (χ0) is 12.8. The van der Waals surface area contributed by atoms with Gasteiger partial charge in [-0.2, -0.15) is 0 Å². The molecule has 1 amide bonds. The lowest BCUT2D eigenvalue weighted by atomic mass is 10.2. The van der Waals surface area contributed by atoms with Crippen molar-refractivity contribution in [3.63, 3.8) is 0 Å². The fourth-order valence-electron chi connectivity index (χ4n) is 1.09. The first-order chi connectivity index (χ1) is 7.66. The zero-order valence-corrected chi connectivity index (χ0v) is 10.7. The van der Waals surface area contributed by atoms with E-state index in [1.54, 1.807) is 0 Å². The van der Waals surface area contributed by atoms with Gasteiger partial charge in [-0.3, -0.25) is 9.59 Å². The van der Waals surface area contributed by atoms with Crippen LogP contribution >= 0.6 is 0 Å². The molecule has 0 aromatic carbocycles. The molecule has 0 saturated heterocycles. The molecule has 0 heterocycles. The van der Waals surface area contributed by atoms with Crippen LogP contribution in [0.1, 0.15) is 59.3 Å². The zero-order valence-electron chi connectivity index (χ0n) is 10.7. The number of amides is 1. The number of nitrogens with one attached hydrogen (secondary N) is 1. The van der Waals surface area contributed by atoms with Crippen LogP contribution in [0.25, 0.3) is 0 Å². The van der Waals surface area contributed by atoms with Gasteiger partial charge in [-0.1, -0.05) is 33.6 Å². The third-order valence-corrected chi connectivity index (χ3v) is 1.90. The molecule has 0 saturated carbocycles. The summed E-state index contributed by atoms with van der Waals surface area (Å²) in [6, 6.07) is 0. The molecular weight excluding hydrogens is 206 g/mol. The molecule has 0 fully saturated rings. The number of unbranched alkanes of at least 4 members (excludes halogenated alkanes) is 2. The summed E-state index contributed by atoms with van der Waals surface area (Å²) < 4.78 is 0. The Kier molecular flexibility index (Phi) is 15.1. The monoisotopic (exact) mass is 231 g/mol. The Hall–Kier alpha value is -1.06. The molecule has 0 unspecified atom stereocenters. The highest BCUT2D eigenvalue weighted by molar-refractivity contribution is 5.76. The molecule has 0 bridgehead atoms. The Morgan fingerprint density at radius 2 is 1.69 bits per heavy atom. The molecular formula is C12H25NO3. The third kappa shape index (κ3) is 15.4. The van der Waals surface area contributed by atoms with Crippen molar-refractivity contribution in [3.8, 4) is 0 Å². The molecule has 0 aliphatic rings. The first-order valence-corrected chi connectivity index (χ1v) is 6.15. The second-order valence-corrected chi connectivity index (χ2v) is 3.30. The van der Waals surface area contributed by atoms with Crippen LogP contribution in [0.4, 0.5) is 0 Å². The first-order valence-electron chi connectivity index (χ1n) is 6.15. The molecule has 0 aromatic heterocycles. The minimum absolute atomic E-state index is 0.0395. The molecule has 0 spiro atoms. The normalized spacial score (nSPS) is 8.94. The highest BCUT2D eigenvalue weighted by atomic mass is 16.4. The number of rotatable bonds is 8. The van der Waals surface area contributed by atoms with E-state index in [-0.39, 0.29) is 12.3 Å². The summed E-state index contributed by atoms with van der Waals surface area (Å²) in [5.74, 6) is -0.883. The summed E-state index contributed by atoms with van der Waals surface area (Å²) in [6.45, 7) is 6.81. The van der Waals surface area contributed by atoms with Gasteiger partial charge in [-0.15, -0.1) is 0 Å². The summed E-state index contributed by atoms with van der Waals surface area (Å²) in [5, 5.41) is 11.1.